The third kappa shape index (κ3) is 3.19. The average Bonchev–Trinajstić information content (AvgIpc) is 3.24. The van der Waals surface area contributed by atoms with Crippen LogP contribution in [0.25, 0.3) is 0 Å². The number of anilines is 2. The van der Waals surface area contributed by atoms with Gasteiger partial charge in [0, 0.05) is 12.2 Å². The first-order chi connectivity index (χ1) is 13.1. The maximum Gasteiger partial charge on any atom is 0.302 e. The molecule has 0 unspecified atom stereocenters. The Morgan fingerprint density at radius 2 is 1.89 bits per heavy atom. The molecule has 0 saturated heterocycles. The first-order valence-corrected chi connectivity index (χ1v) is 8.68. The average molecular weight is 362 g/mol. The Morgan fingerprint density at radius 1 is 1.15 bits per heavy atom. The van der Waals surface area contributed by atoms with E-state index in [0.29, 0.717) is 17.9 Å². The van der Waals surface area contributed by atoms with E-state index in [1.165, 1.54) is 5.01 Å². The second-order valence-corrected chi connectivity index (χ2v) is 6.28. The van der Waals surface area contributed by atoms with Crippen LogP contribution >= 0.6 is 0 Å². The molecule has 0 spiro atoms. The van der Waals surface area contributed by atoms with Crippen LogP contribution in [0.5, 0.6) is 0 Å². The van der Waals surface area contributed by atoms with Crippen molar-refractivity contribution in [1.82, 2.24) is 0 Å². The van der Waals surface area contributed by atoms with Crippen LogP contribution in [-0.2, 0) is 20.8 Å². The predicted octanol–water partition coefficient (Wildman–Crippen LogP) is 2.37. The number of rotatable bonds is 4. The monoisotopic (exact) mass is 362 g/mol. The van der Waals surface area contributed by atoms with Gasteiger partial charge in [-0.15, -0.1) is 0 Å². The molecule has 2 amide bonds. The molecule has 0 bridgehead atoms. The minimum atomic E-state index is -0.377. The third-order valence-electron chi connectivity index (χ3n) is 4.52. The second-order valence-electron chi connectivity index (χ2n) is 6.28. The minimum absolute atomic E-state index is 0.105. The molecule has 0 aromatic heterocycles. The molecule has 7 nitrogen and oxygen atoms in total. The van der Waals surface area contributed by atoms with E-state index in [0.717, 1.165) is 17.7 Å². The summed E-state index contributed by atoms with van der Waals surface area (Å²) >= 11 is 0. The molecular formula is C20H18N4O3. The second kappa shape index (κ2) is 7.03. The summed E-state index contributed by atoms with van der Waals surface area (Å²) in [6, 6.07) is 16.9. The van der Waals surface area contributed by atoms with E-state index < -0.39 is 0 Å². The van der Waals surface area contributed by atoms with Crippen molar-refractivity contribution < 1.29 is 14.4 Å². The van der Waals surface area contributed by atoms with Crippen molar-refractivity contribution in [2.45, 2.75) is 13.3 Å². The molecule has 0 atom stereocenters. The normalized spacial score (nSPS) is 17.3. The third-order valence-corrected chi connectivity index (χ3v) is 4.52. The maximum absolute atomic E-state index is 12.5. The molecule has 0 N–H and O–H groups in total. The van der Waals surface area contributed by atoms with Crippen molar-refractivity contribution in [3.05, 3.63) is 60.2 Å². The Hall–Kier alpha value is -3.48. The topological polar surface area (TPSA) is 74.6 Å². The van der Waals surface area contributed by atoms with E-state index in [9.17, 15) is 9.59 Å². The number of carbonyl (C=O) groups is 2. The summed E-state index contributed by atoms with van der Waals surface area (Å²) in [5, 5.41) is 9.37. The molecule has 27 heavy (non-hydrogen) atoms. The standard InChI is InChI=1S/C20H18N4O3/c1-14-19(20(26)24(21-14)16-8-3-2-4-9-16)22-27-13-18(25)23-12-11-15-7-5-6-10-17(15)23/h2-10H,11-13H2,1H3. The van der Waals surface area contributed by atoms with Crippen molar-refractivity contribution in [3.8, 4) is 0 Å². The van der Waals surface area contributed by atoms with Gasteiger partial charge < -0.3 is 9.74 Å². The van der Waals surface area contributed by atoms with E-state index >= 15 is 0 Å². The number of fused-ring (bicyclic) bond motifs is 1. The Balaban J connectivity index is 1.41. The lowest BCUT2D eigenvalue weighted by Gasteiger charge is -2.16. The van der Waals surface area contributed by atoms with Crippen molar-refractivity contribution in [2.75, 3.05) is 23.1 Å². The predicted molar refractivity (Wildman–Crippen MR) is 103 cm³/mol. The Bertz CT molecular complexity index is 953. The number of hydrogen-bond donors (Lipinski definition) is 0. The smallest absolute Gasteiger partial charge is 0.302 e. The van der Waals surface area contributed by atoms with Gasteiger partial charge >= 0.3 is 5.91 Å². The fraction of sp³-hybridized carbons (Fsp3) is 0.200. The molecule has 2 aromatic rings. The van der Waals surface area contributed by atoms with E-state index in [4.69, 9.17) is 4.84 Å². The highest BCUT2D eigenvalue weighted by Gasteiger charge is 2.31. The van der Waals surface area contributed by atoms with Crippen LogP contribution in [0, 0.1) is 0 Å². The Morgan fingerprint density at radius 3 is 2.70 bits per heavy atom. The van der Waals surface area contributed by atoms with Crippen LogP contribution < -0.4 is 9.91 Å². The molecule has 2 heterocycles. The largest absolute Gasteiger partial charge is 0.385 e. The summed E-state index contributed by atoms with van der Waals surface area (Å²) in [7, 11) is 0. The summed E-state index contributed by atoms with van der Waals surface area (Å²) in [5.74, 6) is -0.568. The highest BCUT2D eigenvalue weighted by molar-refractivity contribution is 6.71. The lowest BCUT2D eigenvalue weighted by Crippen LogP contribution is -2.32. The summed E-state index contributed by atoms with van der Waals surface area (Å²) < 4.78 is 0. The zero-order valence-electron chi connectivity index (χ0n) is 14.8. The summed E-state index contributed by atoms with van der Waals surface area (Å²) in [4.78, 5) is 31.8. The molecule has 7 heteroatoms. The number of benzene rings is 2. The Kier molecular flexibility index (Phi) is 4.42. The highest BCUT2D eigenvalue weighted by Crippen LogP contribution is 2.27. The summed E-state index contributed by atoms with van der Waals surface area (Å²) in [5.41, 5.74) is 3.25. The van der Waals surface area contributed by atoms with Crippen LogP contribution in [0.1, 0.15) is 12.5 Å². The number of hydrazone groups is 1. The molecule has 0 radical (unpaired) electrons. The lowest BCUT2D eigenvalue weighted by molar-refractivity contribution is -0.123. The maximum atomic E-state index is 12.5. The minimum Gasteiger partial charge on any atom is -0.385 e. The van der Waals surface area contributed by atoms with Gasteiger partial charge in [-0.25, -0.2) is 0 Å². The van der Waals surface area contributed by atoms with Gasteiger partial charge in [0.05, 0.1) is 11.4 Å². The van der Waals surface area contributed by atoms with E-state index in [-0.39, 0.29) is 24.1 Å². The van der Waals surface area contributed by atoms with Crippen molar-refractivity contribution in [2.24, 2.45) is 10.3 Å². The molecule has 136 valence electrons. The molecule has 4 rings (SSSR count). The molecule has 0 fully saturated rings. The van der Waals surface area contributed by atoms with Gasteiger partial charge in [-0.3, -0.25) is 9.59 Å². The van der Waals surface area contributed by atoms with E-state index in [1.54, 1.807) is 24.0 Å². The van der Waals surface area contributed by atoms with Gasteiger partial charge in [0.1, 0.15) is 0 Å². The summed E-state index contributed by atoms with van der Waals surface area (Å²) in [6.07, 6.45) is 0.826. The molecule has 0 saturated carbocycles. The SMILES string of the molecule is CC1=NN(c2ccccc2)C(=O)C1=NOCC(=O)N1CCc2ccccc21. The van der Waals surface area contributed by atoms with Crippen LogP contribution in [0.2, 0.25) is 0 Å². The van der Waals surface area contributed by atoms with Crippen molar-refractivity contribution in [3.63, 3.8) is 0 Å². The van der Waals surface area contributed by atoms with Crippen LogP contribution in [0.15, 0.2) is 64.9 Å². The molecular weight excluding hydrogens is 344 g/mol. The molecule has 2 aliphatic rings. The molecule has 2 aliphatic heterocycles. The number of nitrogens with zero attached hydrogens (tertiary/aromatic N) is 4. The fourth-order valence-corrected chi connectivity index (χ4v) is 3.17. The number of oxime groups is 1. The van der Waals surface area contributed by atoms with Gasteiger partial charge in [-0.1, -0.05) is 41.6 Å². The van der Waals surface area contributed by atoms with Crippen LogP contribution in [0.4, 0.5) is 11.4 Å². The van der Waals surface area contributed by atoms with E-state index in [1.807, 2.05) is 42.5 Å². The highest BCUT2D eigenvalue weighted by atomic mass is 16.6. The van der Waals surface area contributed by atoms with Gasteiger partial charge in [0.15, 0.2) is 12.3 Å². The van der Waals surface area contributed by atoms with Gasteiger partial charge in [0.2, 0.25) is 0 Å². The fourth-order valence-electron chi connectivity index (χ4n) is 3.17. The quantitative estimate of drug-likeness (QED) is 0.784. The van der Waals surface area contributed by atoms with Crippen molar-refractivity contribution >= 4 is 34.6 Å². The first kappa shape index (κ1) is 17.0. The lowest BCUT2D eigenvalue weighted by atomic mass is 10.2. The number of carbonyl (C=O) groups excluding carboxylic acids is 2. The van der Waals surface area contributed by atoms with Gasteiger partial charge in [-0.05, 0) is 37.1 Å². The number of hydrogen-bond acceptors (Lipinski definition) is 5. The zero-order chi connectivity index (χ0) is 18.8. The molecule has 0 aliphatic carbocycles. The van der Waals surface area contributed by atoms with Crippen LogP contribution in [0.3, 0.4) is 0 Å². The zero-order valence-corrected chi connectivity index (χ0v) is 14.8. The molecule has 2 aromatic carbocycles. The Labute approximate surface area is 156 Å². The van der Waals surface area contributed by atoms with E-state index in [2.05, 4.69) is 10.3 Å². The van der Waals surface area contributed by atoms with Crippen LogP contribution in [-0.4, -0.2) is 36.4 Å². The van der Waals surface area contributed by atoms with Gasteiger partial charge in [0.25, 0.3) is 5.91 Å². The summed E-state index contributed by atoms with van der Waals surface area (Å²) in [6.45, 7) is 2.07. The number of amides is 2. The first-order valence-electron chi connectivity index (χ1n) is 8.68. The van der Waals surface area contributed by atoms with Crippen molar-refractivity contribution in [1.29, 1.82) is 0 Å². The van der Waals surface area contributed by atoms with Gasteiger partial charge in [-0.2, -0.15) is 10.1 Å². The number of para-hydroxylation sites is 2.